The molecule has 0 aromatic heterocycles. The lowest BCUT2D eigenvalue weighted by molar-refractivity contribution is -0.193. The summed E-state index contributed by atoms with van der Waals surface area (Å²) >= 11 is 0. The first kappa shape index (κ1) is 25.7. The molecule has 192 valence electrons. The second-order valence-electron chi connectivity index (χ2n) is 8.76. The molecule has 3 N–H and O–H groups in total. The number of methoxy groups -OCH3 is 1. The van der Waals surface area contributed by atoms with E-state index in [4.69, 9.17) is 10.5 Å². The number of rotatable bonds is 6. The third kappa shape index (κ3) is 5.91. The maximum absolute atomic E-state index is 12.5. The summed E-state index contributed by atoms with van der Waals surface area (Å²) < 4.78 is 46.6. The van der Waals surface area contributed by atoms with Crippen LogP contribution >= 0.6 is 0 Å². The van der Waals surface area contributed by atoms with Crippen molar-refractivity contribution in [3.63, 3.8) is 0 Å². The number of carbonyl (C=O) groups is 2. The van der Waals surface area contributed by atoms with Crippen LogP contribution in [0.5, 0.6) is 5.75 Å². The van der Waals surface area contributed by atoms with E-state index in [0.717, 1.165) is 22.4 Å². The first-order valence-electron chi connectivity index (χ1n) is 11.3. The number of carbonyl (C=O) groups excluding carboxylic acids is 2. The van der Waals surface area contributed by atoms with Crippen LogP contribution in [0.15, 0.2) is 71.7 Å². The molecule has 1 atom stereocenters. The Balaban J connectivity index is 1.50. The van der Waals surface area contributed by atoms with E-state index >= 15 is 0 Å². The number of alkyl halides is 3. The SMILES string of the molecule is COc1cccc(-c2cccc(CCC3(C)N=C(N)c4ccc(C(=O)OC(=O)C(F)(F)F)cc4N3)c2)c1. The van der Waals surface area contributed by atoms with Crippen LogP contribution in [-0.2, 0) is 16.0 Å². The van der Waals surface area contributed by atoms with E-state index in [9.17, 15) is 22.8 Å². The topological polar surface area (TPSA) is 103 Å². The van der Waals surface area contributed by atoms with Gasteiger partial charge in [0.25, 0.3) is 0 Å². The number of anilines is 1. The number of amidine groups is 1. The number of halogens is 3. The van der Waals surface area contributed by atoms with Crippen LogP contribution in [-0.4, -0.2) is 36.7 Å². The predicted molar refractivity (Wildman–Crippen MR) is 132 cm³/mol. The van der Waals surface area contributed by atoms with Gasteiger partial charge in [0.2, 0.25) is 0 Å². The second-order valence-corrected chi connectivity index (χ2v) is 8.76. The van der Waals surface area contributed by atoms with Crippen LogP contribution in [0.3, 0.4) is 0 Å². The van der Waals surface area contributed by atoms with Crippen LogP contribution in [0, 0.1) is 0 Å². The van der Waals surface area contributed by atoms with Gasteiger partial charge in [0.1, 0.15) is 17.2 Å². The van der Waals surface area contributed by atoms with Gasteiger partial charge in [-0.05, 0) is 66.8 Å². The minimum Gasteiger partial charge on any atom is -0.497 e. The molecular formula is C27H24F3N3O4. The van der Waals surface area contributed by atoms with Crippen molar-refractivity contribution < 1.29 is 32.2 Å². The molecule has 1 unspecified atom stereocenters. The number of nitrogens with zero attached hydrogens (tertiary/aromatic N) is 1. The maximum atomic E-state index is 12.5. The van der Waals surface area contributed by atoms with Gasteiger partial charge in [0.05, 0.1) is 12.7 Å². The Bertz CT molecular complexity index is 1390. The summed E-state index contributed by atoms with van der Waals surface area (Å²) in [5.74, 6) is -3.02. The summed E-state index contributed by atoms with van der Waals surface area (Å²) in [6.45, 7) is 1.83. The standard InChI is InChI=1S/C27H24F3N3O4/c1-26(12-11-16-5-3-6-17(13-16)18-7-4-8-20(14-18)36-2)32-22-15-19(9-10-21(22)23(31)33-26)24(34)37-25(35)27(28,29)30/h3-10,13-15,32H,11-12H2,1-2H3,(H2,31,33). The third-order valence-electron chi connectivity index (χ3n) is 5.95. The Kier molecular flexibility index (Phi) is 6.93. The van der Waals surface area contributed by atoms with E-state index in [1.165, 1.54) is 18.2 Å². The smallest absolute Gasteiger partial charge is 0.491 e. The Morgan fingerprint density at radius 2 is 1.73 bits per heavy atom. The number of aryl methyl sites for hydroxylation is 1. The molecule has 0 fully saturated rings. The fourth-order valence-corrected chi connectivity index (χ4v) is 4.06. The van der Waals surface area contributed by atoms with E-state index < -0.39 is 23.8 Å². The molecule has 1 heterocycles. The van der Waals surface area contributed by atoms with E-state index in [1.54, 1.807) is 7.11 Å². The third-order valence-corrected chi connectivity index (χ3v) is 5.95. The van der Waals surface area contributed by atoms with Gasteiger partial charge >= 0.3 is 18.1 Å². The summed E-state index contributed by atoms with van der Waals surface area (Å²) in [5.41, 5.74) is 9.07. The molecule has 37 heavy (non-hydrogen) atoms. The molecule has 1 aliphatic heterocycles. The average Bonchev–Trinajstić information content (AvgIpc) is 2.86. The molecule has 0 spiro atoms. The van der Waals surface area contributed by atoms with Crippen LogP contribution in [0.1, 0.15) is 34.8 Å². The Hall–Kier alpha value is -4.34. The fourth-order valence-electron chi connectivity index (χ4n) is 4.06. The molecule has 3 aromatic carbocycles. The summed E-state index contributed by atoms with van der Waals surface area (Å²) in [6, 6.07) is 19.8. The molecule has 4 rings (SSSR count). The zero-order chi connectivity index (χ0) is 26.8. The molecule has 0 aliphatic carbocycles. The number of ether oxygens (including phenoxy) is 2. The van der Waals surface area contributed by atoms with Crippen molar-refractivity contribution in [1.29, 1.82) is 0 Å². The lowest BCUT2D eigenvalue weighted by Crippen LogP contribution is -2.40. The number of nitrogens with one attached hydrogen (secondary N) is 1. The molecule has 0 bridgehead atoms. The van der Waals surface area contributed by atoms with Gasteiger partial charge in [-0.2, -0.15) is 13.2 Å². The van der Waals surface area contributed by atoms with Crippen LogP contribution < -0.4 is 15.8 Å². The molecule has 0 saturated heterocycles. The quantitative estimate of drug-likeness (QED) is 0.353. The molecular weight excluding hydrogens is 487 g/mol. The zero-order valence-electron chi connectivity index (χ0n) is 20.1. The number of nitrogens with two attached hydrogens (primary N) is 1. The highest BCUT2D eigenvalue weighted by molar-refractivity contribution is 6.06. The Morgan fingerprint density at radius 1 is 1.03 bits per heavy atom. The second kappa shape index (κ2) is 9.96. The highest BCUT2D eigenvalue weighted by Crippen LogP contribution is 2.32. The fraction of sp³-hybridized carbons (Fsp3) is 0.222. The van der Waals surface area contributed by atoms with E-state index in [-0.39, 0.29) is 11.4 Å². The molecule has 10 heteroatoms. The van der Waals surface area contributed by atoms with Crippen LogP contribution in [0.25, 0.3) is 11.1 Å². The highest BCUT2D eigenvalue weighted by atomic mass is 19.4. The van der Waals surface area contributed by atoms with Crippen LogP contribution in [0.2, 0.25) is 0 Å². The number of benzene rings is 3. The number of esters is 2. The van der Waals surface area contributed by atoms with Crippen molar-refractivity contribution >= 4 is 23.5 Å². The molecule has 1 aliphatic rings. The van der Waals surface area contributed by atoms with Crippen molar-refractivity contribution in [2.45, 2.75) is 31.6 Å². The van der Waals surface area contributed by atoms with E-state index in [0.29, 0.717) is 24.1 Å². The van der Waals surface area contributed by atoms with Crippen molar-refractivity contribution in [1.82, 2.24) is 0 Å². The average molecular weight is 512 g/mol. The first-order valence-corrected chi connectivity index (χ1v) is 11.3. The van der Waals surface area contributed by atoms with E-state index in [2.05, 4.69) is 21.1 Å². The number of aliphatic imine (C=N–C) groups is 1. The number of hydrogen-bond acceptors (Lipinski definition) is 7. The van der Waals surface area contributed by atoms with Gasteiger partial charge in [-0.3, -0.25) is 0 Å². The molecule has 0 saturated carbocycles. The van der Waals surface area contributed by atoms with Gasteiger partial charge < -0.3 is 20.5 Å². The van der Waals surface area contributed by atoms with Gasteiger partial charge in [-0.25, -0.2) is 14.6 Å². The summed E-state index contributed by atoms with van der Waals surface area (Å²) in [7, 11) is 1.62. The lowest BCUT2D eigenvalue weighted by Gasteiger charge is -2.33. The molecule has 0 amide bonds. The highest BCUT2D eigenvalue weighted by Gasteiger charge is 2.42. The maximum Gasteiger partial charge on any atom is 0.491 e. The molecule has 3 aromatic rings. The Morgan fingerprint density at radius 3 is 2.43 bits per heavy atom. The number of hydrogen-bond donors (Lipinski definition) is 2. The summed E-state index contributed by atoms with van der Waals surface area (Å²) in [6.07, 6.45) is -4.12. The molecule has 0 radical (unpaired) electrons. The zero-order valence-corrected chi connectivity index (χ0v) is 20.1. The van der Waals surface area contributed by atoms with Crippen molar-refractivity contribution in [2.24, 2.45) is 10.7 Å². The normalized spacial score (nSPS) is 16.7. The van der Waals surface area contributed by atoms with E-state index in [1.807, 2.05) is 49.4 Å². The lowest BCUT2D eigenvalue weighted by atomic mass is 9.95. The number of fused-ring (bicyclic) bond motifs is 1. The van der Waals surface area contributed by atoms with Gasteiger partial charge in [0.15, 0.2) is 0 Å². The van der Waals surface area contributed by atoms with Crippen molar-refractivity contribution in [2.75, 3.05) is 12.4 Å². The summed E-state index contributed by atoms with van der Waals surface area (Å²) in [4.78, 5) is 27.7. The summed E-state index contributed by atoms with van der Waals surface area (Å²) in [5, 5.41) is 3.22. The van der Waals surface area contributed by atoms with Gasteiger partial charge in [-0.15, -0.1) is 0 Å². The van der Waals surface area contributed by atoms with Gasteiger partial charge in [0, 0.05) is 11.3 Å². The van der Waals surface area contributed by atoms with Crippen molar-refractivity contribution in [3.05, 3.63) is 83.4 Å². The van der Waals surface area contributed by atoms with Crippen LogP contribution in [0.4, 0.5) is 18.9 Å². The minimum absolute atomic E-state index is 0.215. The van der Waals surface area contributed by atoms with Gasteiger partial charge in [-0.1, -0.05) is 36.4 Å². The predicted octanol–water partition coefficient (Wildman–Crippen LogP) is 5.09. The van der Waals surface area contributed by atoms with Crippen molar-refractivity contribution in [3.8, 4) is 16.9 Å². The first-order chi connectivity index (χ1) is 17.5. The Labute approximate surface area is 211 Å². The monoisotopic (exact) mass is 511 g/mol. The minimum atomic E-state index is -5.28. The largest absolute Gasteiger partial charge is 0.497 e. The molecule has 7 nitrogen and oxygen atoms in total.